The van der Waals surface area contributed by atoms with Crippen molar-refractivity contribution in [2.24, 2.45) is 0 Å². The van der Waals surface area contributed by atoms with Gasteiger partial charge in [-0.2, -0.15) is 8.42 Å². The van der Waals surface area contributed by atoms with Crippen LogP contribution in [-0.4, -0.2) is 54.9 Å². The molecule has 1 fully saturated rings. The van der Waals surface area contributed by atoms with E-state index in [1.165, 1.54) is 12.1 Å². The normalized spacial score (nSPS) is 30.6. The van der Waals surface area contributed by atoms with Crippen LogP contribution in [-0.2, 0) is 19.0 Å². The molecule has 1 aromatic rings. The Morgan fingerprint density at radius 1 is 1.25 bits per heavy atom. The van der Waals surface area contributed by atoms with E-state index in [2.05, 4.69) is 0 Å². The van der Waals surface area contributed by atoms with Gasteiger partial charge in [0.15, 0.2) is 12.4 Å². The van der Waals surface area contributed by atoms with Crippen LogP contribution in [0, 0.1) is 6.92 Å². The highest BCUT2D eigenvalue weighted by Gasteiger charge is 2.46. The average molecular weight is 304 g/mol. The van der Waals surface area contributed by atoms with Crippen molar-refractivity contribution in [1.82, 2.24) is 0 Å². The Bertz CT molecular complexity index is 554. The van der Waals surface area contributed by atoms with Crippen LogP contribution in [0.5, 0.6) is 0 Å². The zero-order chi connectivity index (χ0) is 14.9. The van der Waals surface area contributed by atoms with E-state index in [1.54, 1.807) is 19.1 Å². The number of rotatable bonds is 4. The first-order valence-electron chi connectivity index (χ1n) is 5.97. The highest BCUT2D eigenvalue weighted by atomic mass is 32.2. The monoisotopic (exact) mass is 304 g/mol. The van der Waals surface area contributed by atoms with Gasteiger partial charge in [0.05, 0.1) is 11.5 Å². The Kier molecular flexibility index (Phi) is 4.43. The van der Waals surface area contributed by atoms with Gasteiger partial charge in [-0.05, 0) is 19.1 Å². The highest BCUT2D eigenvalue weighted by molar-refractivity contribution is 7.86. The van der Waals surface area contributed by atoms with Crippen molar-refractivity contribution in [3.63, 3.8) is 0 Å². The molecule has 3 N–H and O–H groups in total. The smallest absolute Gasteiger partial charge is 0.297 e. The molecular weight excluding hydrogens is 288 g/mol. The maximum absolute atomic E-state index is 12.0. The molecule has 112 valence electrons. The third-order valence-corrected chi connectivity index (χ3v) is 4.37. The number of hydrogen-bond acceptors (Lipinski definition) is 7. The summed E-state index contributed by atoms with van der Waals surface area (Å²) in [4.78, 5) is -0.0880. The van der Waals surface area contributed by atoms with Crippen LogP contribution in [0.2, 0.25) is 0 Å². The Labute approximate surface area is 116 Å². The summed E-state index contributed by atoms with van der Waals surface area (Å²) in [6.07, 6.45) is -5.61. The summed E-state index contributed by atoms with van der Waals surface area (Å²) >= 11 is 0. The second-order valence-corrected chi connectivity index (χ2v) is 6.14. The van der Waals surface area contributed by atoms with E-state index in [0.717, 1.165) is 5.56 Å². The number of aliphatic hydroxyl groups is 3. The molecule has 1 aromatic carbocycles. The fourth-order valence-corrected chi connectivity index (χ4v) is 2.96. The Hall–Kier alpha value is -1.03. The van der Waals surface area contributed by atoms with E-state index in [0.29, 0.717) is 0 Å². The molecule has 7 nitrogen and oxygen atoms in total. The first-order chi connectivity index (χ1) is 9.35. The van der Waals surface area contributed by atoms with Crippen LogP contribution < -0.4 is 0 Å². The molecule has 1 aliphatic rings. The maximum atomic E-state index is 12.0. The van der Waals surface area contributed by atoms with Crippen molar-refractivity contribution < 1.29 is 32.7 Å². The molecule has 20 heavy (non-hydrogen) atoms. The van der Waals surface area contributed by atoms with Crippen LogP contribution >= 0.6 is 0 Å². The number of hydrogen-bond donors (Lipinski definition) is 3. The summed E-state index contributed by atoms with van der Waals surface area (Å²) in [7, 11) is -4.14. The van der Waals surface area contributed by atoms with E-state index in [9.17, 15) is 18.6 Å². The van der Waals surface area contributed by atoms with Crippen LogP contribution in [0.3, 0.4) is 0 Å². The third-order valence-electron chi connectivity index (χ3n) is 3.04. The molecule has 0 aromatic heterocycles. The van der Waals surface area contributed by atoms with E-state index in [1.807, 2.05) is 0 Å². The number of aliphatic hydroxyl groups excluding tert-OH is 3. The molecule has 2 rings (SSSR count). The Morgan fingerprint density at radius 3 is 2.35 bits per heavy atom. The molecule has 4 atom stereocenters. The maximum Gasteiger partial charge on any atom is 0.297 e. The second-order valence-electron chi connectivity index (χ2n) is 4.57. The summed E-state index contributed by atoms with van der Waals surface area (Å²) in [5.74, 6) is 0. The summed E-state index contributed by atoms with van der Waals surface area (Å²) < 4.78 is 33.7. The van der Waals surface area contributed by atoms with Crippen molar-refractivity contribution in [2.45, 2.75) is 36.4 Å². The number of benzene rings is 1. The van der Waals surface area contributed by atoms with Gasteiger partial charge in [-0.15, -0.1) is 0 Å². The van der Waals surface area contributed by atoms with E-state index in [4.69, 9.17) is 14.0 Å². The number of aryl methyl sites for hydroxylation is 1. The molecule has 1 saturated heterocycles. The van der Waals surface area contributed by atoms with Crippen molar-refractivity contribution in [2.75, 3.05) is 6.61 Å². The van der Waals surface area contributed by atoms with Crippen LogP contribution in [0.25, 0.3) is 0 Å². The standard InChI is InChI=1S/C12H16O7S/c1-7-2-4-8(5-3-7)20(16,17)19-11-10(14)9(6-13)18-12(11)15/h2-5,9-15H,6H2,1H3/t9-,10+,11+,12-/m0/s1. The zero-order valence-corrected chi connectivity index (χ0v) is 11.5. The fraction of sp³-hybridized carbons (Fsp3) is 0.500. The van der Waals surface area contributed by atoms with Gasteiger partial charge in [0.1, 0.15) is 12.2 Å². The molecule has 0 saturated carbocycles. The predicted octanol–water partition coefficient (Wildman–Crippen LogP) is -0.861. The first kappa shape index (κ1) is 15.4. The molecule has 0 amide bonds. The average Bonchev–Trinajstić information content (AvgIpc) is 2.66. The molecule has 0 spiro atoms. The lowest BCUT2D eigenvalue weighted by atomic mass is 10.1. The van der Waals surface area contributed by atoms with Gasteiger partial charge in [-0.25, -0.2) is 0 Å². The fourth-order valence-electron chi connectivity index (χ4n) is 1.88. The van der Waals surface area contributed by atoms with E-state index < -0.39 is 41.3 Å². The SMILES string of the molecule is Cc1ccc(S(=O)(=O)O[C@@H]2[C@H](O)[C@H](CO)O[C@@H]2O)cc1. The molecule has 0 bridgehead atoms. The van der Waals surface area contributed by atoms with Crippen LogP contribution in [0.15, 0.2) is 29.2 Å². The van der Waals surface area contributed by atoms with E-state index >= 15 is 0 Å². The van der Waals surface area contributed by atoms with Gasteiger partial charge >= 0.3 is 0 Å². The molecular formula is C12H16O7S. The zero-order valence-electron chi connectivity index (χ0n) is 10.7. The third kappa shape index (κ3) is 3.00. The summed E-state index contributed by atoms with van der Waals surface area (Å²) in [6, 6.07) is 5.93. The van der Waals surface area contributed by atoms with Gasteiger partial charge < -0.3 is 20.1 Å². The van der Waals surface area contributed by atoms with Gasteiger partial charge in [-0.1, -0.05) is 17.7 Å². The highest BCUT2D eigenvalue weighted by Crippen LogP contribution is 2.26. The minimum Gasteiger partial charge on any atom is -0.394 e. The molecule has 1 aliphatic heterocycles. The minimum atomic E-state index is -4.14. The summed E-state index contributed by atoms with van der Waals surface area (Å²) in [5.41, 5.74) is 0.883. The predicted molar refractivity (Wildman–Crippen MR) is 67.2 cm³/mol. The summed E-state index contributed by atoms with van der Waals surface area (Å²) in [6.45, 7) is 1.25. The minimum absolute atomic E-state index is 0.0880. The quantitative estimate of drug-likeness (QED) is 0.620. The van der Waals surface area contributed by atoms with Gasteiger partial charge in [0.25, 0.3) is 10.1 Å². The Morgan fingerprint density at radius 2 is 1.85 bits per heavy atom. The topological polar surface area (TPSA) is 113 Å². The molecule has 0 aliphatic carbocycles. The van der Waals surface area contributed by atoms with Gasteiger partial charge in [0.2, 0.25) is 0 Å². The summed E-state index contributed by atoms with van der Waals surface area (Å²) in [5, 5.41) is 28.2. The van der Waals surface area contributed by atoms with Crippen molar-refractivity contribution in [3.8, 4) is 0 Å². The lowest BCUT2D eigenvalue weighted by Crippen LogP contribution is -2.37. The van der Waals surface area contributed by atoms with Crippen molar-refractivity contribution >= 4 is 10.1 Å². The van der Waals surface area contributed by atoms with Gasteiger partial charge in [0, 0.05) is 0 Å². The lowest BCUT2D eigenvalue weighted by Gasteiger charge is -2.17. The first-order valence-corrected chi connectivity index (χ1v) is 7.38. The lowest BCUT2D eigenvalue weighted by molar-refractivity contribution is -0.127. The largest absolute Gasteiger partial charge is 0.394 e. The van der Waals surface area contributed by atoms with Crippen LogP contribution in [0.4, 0.5) is 0 Å². The molecule has 1 heterocycles. The van der Waals surface area contributed by atoms with E-state index in [-0.39, 0.29) is 4.90 Å². The van der Waals surface area contributed by atoms with Crippen LogP contribution in [0.1, 0.15) is 5.56 Å². The molecule has 8 heteroatoms. The van der Waals surface area contributed by atoms with Crippen molar-refractivity contribution in [1.29, 1.82) is 0 Å². The molecule has 0 radical (unpaired) electrons. The second kappa shape index (κ2) is 5.76. The Balaban J connectivity index is 2.18. The molecule has 0 unspecified atom stereocenters. The number of ether oxygens (including phenoxy) is 1. The van der Waals surface area contributed by atoms with Gasteiger partial charge in [-0.3, -0.25) is 4.18 Å². The van der Waals surface area contributed by atoms with Crippen molar-refractivity contribution in [3.05, 3.63) is 29.8 Å².